The lowest BCUT2D eigenvalue weighted by atomic mass is 10.1. The number of pyridine rings is 1. The second-order valence-electron chi connectivity index (χ2n) is 4.89. The van der Waals surface area contributed by atoms with Gasteiger partial charge >= 0.3 is 0 Å². The molecule has 110 valence electrons. The third-order valence-electron chi connectivity index (χ3n) is 3.38. The average molecular weight is 285 g/mol. The van der Waals surface area contributed by atoms with Crippen LogP contribution in [-0.2, 0) is 6.61 Å². The summed E-state index contributed by atoms with van der Waals surface area (Å²) in [5.41, 5.74) is 3.32. The molecule has 1 aromatic carbocycles. The molecule has 0 aliphatic carbocycles. The van der Waals surface area contributed by atoms with Crippen LogP contribution >= 0.6 is 0 Å². The Morgan fingerprint density at radius 3 is 2.62 bits per heavy atom. The van der Waals surface area contributed by atoms with Gasteiger partial charge in [0, 0.05) is 17.3 Å². The molecule has 4 heteroatoms. The van der Waals surface area contributed by atoms with Crippen molar-refractivity contribution in [3.8, 4) is 11.5 Å². The average Bonchev–Trinajstić information content (AvgIpc) is 2.47. The number of hydrogen-bond donors (Lipinski definition) is 0. The largest absolute Gasteiger partial charge is 0.496 e. The third kappa shape index (κ3) is 3.21. The first-order valence-corrected chi connectivity index (χ1v) is 6.76. The van der Waals surface area contributed by atoms with Crippen LogP contribution in [0.3, 0.4) is 0 Å². The number of aromatic nitrogens is 1. The van der Waals surface area contributed by atoms with E-state index in [1.807, 2.05) is 26.0 Å². The van der Waals surface area contributed by atoms with E-state index in [0.29, 0.717) is 17.9 Å². The number of carbonyl (C=O) groups is 1. The Hall–Kier alpha value is -2.36. The maximum Gasteiger partial charge on any atom is 0.163 e. The van der Waals surface area contributed by atoms with E-state index in [1.165, 1.54) is 6.92 Å². The van der Waals surface area contributed by atoms with Gasteiger partial charge in [-0.3, -0.25) is 9.78 Å². The zero-order chi connectivity index (χ0) is 15.4. The van der Waals surface area contributed by atoms with Gasteiger partial charge in [-0.05, 0) is 32.9 Å². The summed E-state index contributed by atoms with van der Waals surface area (Å²) in [6.45, 7) is 5.73. The van der Waals surface area contributed by atoms with Gasteiger partial charge in [0.05, 0.1) is 18.4 Å². The molecule has 0 saturated heterocycles. The first-order chi connectivity index (χ1) is 10.0. The minimum Gasteiger partial charge on any atom is -0.496 e. The number of hydrogen-bond acceptors (Lipinski definition) is 4. The van der Waals surface area contributed by atoms with Crippen molar-refractivity contribution in [1.82, 2.24) is 4.98 Å². The fraction of sp³-hybridized carbons (Fsp3) is 0.294. The molecule has 1 aromatic heterocycles. The van der Waals surface area contributed by atoms with Crippen LogP contribution in [0.2, 0.25) is 0 Å². The highest BCUT2D eigenvalue weighted by Crippen LogP contribution is 2.25. The summed E-state index contributed by atoms with van der Waals surface area (Å²) >= 11 is 0. The van der Waals surface area contributed by atoms with E-state index in [-0.39, 0.29) is 5.78 Å². The molecular weight excluding hydrogens is 266 g/mol. The smallest absolute Gasteiger partial charge is 0.163 e. The van der Waals surface area contributed by atoms with E-state index >= 15 is 0 Å². The fourth-order valence-corrected chi connectivity index (χ4v) is 2.25. The molecule has 0 saturated carbocycles. The highest BCUT2D eigenvalue weighted by atomic mass is 16.5. The third-order valence-corrected chi connectivity index (χ3v) is 3.38. The van der Waals surface area contributed by atoms with Crippen molar-refractivity contribution in [1.29, 1.82) is 0 Å². The minimum absolute atomic E-state index is 0.0169. The zero-order valence-corrected chi connectivity index (χ0v) is 12.8. The lowest BCUT2D eigenvalue weighted by Crippen LogP contribution is -2.06. The van der Waals surface area contributed by atoms with E-state index in [2.05, 4.69) is 4.98 Å². The zero-order valence-electron chi connectivity index (χ0n) is 12.8. The molecule has 0 radical (unpaired) electrons. The standard InChI is InChI=1S/C17H19NO3/c1-11-9-18-15(12(2)17(11)20-4)10-21-16-8-6-5-7-14(16)13(3)19/h5-9H,10H2,1-4H3. The number of aryl methyl sites for hydroxylation is 1. The van der Waals surface area contributed by atoms with E-state index < -0.39 is 0 Å². The maximum absolute atomic E-state index is 11.6. The number of ether oxygens (including phenoxy) is 2. The Kier molecular flexibility index (Phi) is 4.58. The molecule has 2 rings (SSSR count). The van der Waals surface area contributed by atoms with Gasteiger partial charge in [0.25, 0.3) is 0 Å². The van der Waals surface area contributed by atoms with Crippen LogP contribution in [0, 0.1) is 13.8 Å². The molecule has 0 aliphatic heterocycles. The van der Waals surface area contributed by atoms with Gasteiger partial charge in [-0.2, -0.15) is 0 Å². The molecule has 0 unspecified atom stereocenters. The van der Waals surface area contributed by atoms with Crippen molar-refractivity contribution in [3.63, 3.8) is 0 Å². The summed E-state index contributed by atoms with van der Waals surface area (Å²) in [6.07, 6.45) is 1.77. The number of carbonyl (C=O) groups excluding carboxylic acids is 1. The summed E-state index contributed by atoms with van der Waals surface area (Å²) in [7, 11) is 1.64. The second kappa shape index (κ2) is 6.39. The van der Waals surface area contributed by atoms with Gasteiger partial charge in [-0.1, -0.05) is 12.1 Å². The number of Topliss-reactive ketones (excluding diaryl/α,β-unsaturated/α-hetero) is 1. The molecule has 0 atom stereocenters. The van der Waals surface area contributed by atoms with Crippen molar-refractivity contribution >= 4 is 5.78 Å². The quantitative estimate of drug-likeness (QED) is 0.789. The molecule has 0 N–H and O–H groups in total. The minimum atomic E-state index is -0.0169. The van der Waals surface area contributed by atoms with Crippen LogP contribution < -0.4 is 9.47 Å². The van der Waals surface area contributed by atoms with Crippen LogP contribution in [0.15, 0.2) is 30.5 Å². The van der Waals surface area contributed by atoms with Crippen LogP contribution in [0.5, 0.6) is 11.5 Å². The Bertz CT molecular complexity index is 665. The summed E-state index contributed by atoms with van der Waals surface area (Å²) < 4.78 is 11.1. The molecular formula is C17H19NO3. The van der Waals surface area contributed by atoms with Crippen LogP contribution in [0.25, 0.3) is 0 Å². The molecule has 4 nitrogen and oxygen atoms in total. The van der Waals surface area contributed by atoms with Crippen molar-refractivity contribution in [3.05, 3.63) is 52.8 Å². The Labute approximate surface area is 124 Å². The molecule has 0 fully saturated rings. The Balaban J connectivity index is 2.23. The highest BCUT2D eigenvalue weighted by molar-refractivity contribution is 5.96. The molecule has 0 aliphatic rings. The van der Waals surface area contributed by atoms with Crippen LogP contribution in [0.1, 0.15) is 34.1 Å². The van der Waals surface area contributed by atoms with E-state index in [1.54, 1.807) is 25.4 Å². The number of methoxy groups -OCH3 is 1. The lowest BCUT2D eigenvalue weighted by molar-refractivity contribution is 0.101. The number of rotatable bonds is 5. The Morgan fingerprint density at radius 1 is 1.24 bits per heavy atom. The summed E-state index contributed by atoms with van der Waals surface area (Å²) in [4.78, 5) is 16.0. The molecule has 0 bridgehead atoms. The normalized spacial score (nSPS) is 10.3. The number of nitrogens with zero attached hydrogens (tertiary/aromatic N) is 1. The predicted molar refractivity (Wildman–Crippen MR) is 81.0 cm³/mol. The summed E-state index contributed by atoms with van der Waals surface area (Å²) in [5.74, 6) is 1.38. The first-order valence-electron chi connectivity index (χ1n) is 6.76. The fourth-order valence-electron chi connectivity index (χ4n) is 2.25. The first kappa shape index (κ1) is 15.0. The molecule has 0 amide bonds. The van der Waals surface area contributed by atoms with Crippen molar-refractivity contribution in [2.75, 3.05) is 7.11 Å². The summed E-state index contributed by atoms with van der Waals surface area (Å²) in [5, 5.41) is 0. The van der Waals surface area contributed by atoms with Crippen LogP contribution in [-0.4, -0.2) is 17.9 Å². The highest BCUT2D eigenvalue weighted by Gasteiger charge is 2.12. The van der Waals surface area contributed by atoms with Gasteiger partial charge in [0.15, 0.2) is 5.78 Å². The van der Waals surface area contributed by atoms with E-state index in [4.69, 9.17) is 9.47 Å². The maximum atomic E-state index is 11.6. The SMILES string of the molecule is COc1c(C)cnc(COc2ccccc2C(C)=O)c1C. The number of para-hydroxylation sites is 1. The molecule has 1 heterocycles. The predicted octanol–water partition coefficient (Wildman–Crippen LogP) is 3.49. The van der Waals surface area contributed by atoms with Gasteiger partial charge in [0.1, 0.15) is 18.1 Å². The van der Waals surface area contributed by atoms with Crippen LogP contribution in [0.4, 0.5) is 0 Å². The lowest BCUT2D eigenvalue weighted by Gasteiger charge is -2.14. The van der Waals surface area contributed by atoms with Gasteiger partial charge in [0.2, 0.25) is 0 Å². The number of benzene rings is 1. The summed E-state index contributed by atoms with van der Waals surface area (Å²) in [6, 6.07) is 7.21. The topological polar surface area (TPSA) is 48.4 Å². The van der Waals surface area contributed by atoms with Crippen molar-refractivity contribution in [2.24, 2.45) is 0 Å². The second-order valence-corrected chi connectivity index (χ2v) is 4.89. The molecule has 21 heavy (non-hydrogen) atoms. The molecule has 0 spiro atoms. The van der Waals surface area contributed by atoms with E-state index in [9.17, 15) is 4.79 Å². The monoisotopic (exact) mass is 285 g/mol. The molecule has 2 aromatic rings. The van der Waals surface area contributed by atoms with Gasteiger partial charge < -0.3 is 9.47 Å². The van der Waals surface area contributed by atoms with Gasteiger partial charge in [-0.15, -0.1) is 0 Å². The van der Waals surface area contributed by atoms with Gasteiger partial charge in [-0.25, -0.2) is 0 Å². The van der Waals surface area contributed by atoms with Crippen molar-refractivity contribution < 1.29 is 14.3 Å². The van der Waals surface area contributed by atoms with E-state index in [0.717, 1.165) is 22.6 Å². The van der Waals surface area contributed by atoms with Crippen molar-refractivity contribution in [2.45, 2.75) is 27.4 Å². The Morgan fingerprint density at radius 2 is 1.95 bits per heavy atom. The number of ketones is 1.